The highest BCUT2D eigenvalue weighted by Gasteiger charge is 1.84. The lowest BCUT2D eigenvalue weighted by Gasteiger charge is -2.19. The molecule has 16 heavy (non-hydrogen) atoms. The third-order valence-electron chi connectivity index (χ3n) is 0. The van der Waals surface area contributed by atoms with Crippen molar-refractivity contribution in [2.24, 2.45) is 11.5 Å². The molecule has 0 spiro atoms. The van der Waals surface area contributed by atoms with Crippen LogP contribution in [0, 0.1) is 0 Å². The van der Waals surface area contributed by atoms with Crippen molar-refractivity contribution in [2.45, 2.75) is 0 Å². The normalized spacial score (nSPS) is 8.81. The van der Waals surface area contributed by atoms with E-state index in [4.69, 9.17) is 41.6 Å². The highest BCUT2D eigenvalue weighted by Crippen LogP contribution is 2.11. The van der Waals surface area contributed by atoms with E-state index >= 15 is 0 Å². The van der Waals surface area contributed by atoms with Gasteiger partial charge in [-0.3, -0.25) is 9.11 Å². The van der Waals surface area contributed by atoms with Gasteiger partial charge in [0.1, 0.15) is 0 Å². The van der Waals surface area contributed by atoms with Crippen molar-refractivity contribution in [2.75, 3.05) is 0 Å². The van der Waals surface area contributed by atoms with Crippen LogP contribution < -0.4 is 33.6 Å². The van der Waals surface area contributed by atoms with Gasteiger partial charge in [0, 0.05) is 0 Å². The molecule has 15 heteroatoms. The van der Waals surface area contributed by atoms with Crippen LogP contribution in [-0.2, 0) is 15.0 Å². The van der Waals surface area contributed by atoms with E-state index in [1.54, 1.807) is 0 Å². The molecule has 0 heterocycles. The second-order valence-electron chi connectivity index (χ2n) is 1.32. The van der Waals surface area contributed by atoms with Crippen LogP contribution in [0.5, 0.6) is 0 Å². The fourth-order valence-corrected chi connectivity index (χ4v) is 0. The van der Waals surface area contributed by atoms with Gasteiger partial charge in [0.15, 0.2) is 0 Å². The molecule has 0 radical (unpaired) electrons. The summed E-state index contributed by atoms with van der Waals surface area (Å²) in [5, 5.41) is 0. The van der Waals surface area contributed by atoms with Crippen LogP contribution in [0.1, 0.15) is 0 Å². The third kappa shape index (κ3) is 2830. The van der Waals surface area contributed by atoms with Gasteiger partial charge in [-0.15, -0.1) is 0 Å². The van der Waals surface area contributed by atoms with E-state index in [2.05, 4.69) is 11.5 Å². The van der Waals surface area contributed by atoms with Crippen molar-refractivity contribution in [3.8, 4) is 0 Å². The molecule has 0 aromatic carbocycles. The lowest BCUT2D eigenvalue weighted by Crippen LogP contribution is -2.18. The monoisotopic (exact) mass is 290 g/mol. The minimum Gasteiger partial charge on any atom is -0.790 e. The predicted octanol–water partition coefficient (Wildman–Crippen LogP) is -3.07. The summed E-state index contributed by atoms with van der Waals surface area (Å²) >= 11 is 0. The lowest BCUT2D eigenvalue weighted by molar-refractivity contribution is -0.337. The Labute approximate surface area is 90.4 Å². The van der Waals surface area contributed by atoms with Crippen molar-refractivity contribution in [1.82, 2.24) is 12.3 Å². The van der Waals surface area contributed by atoms with Crippen LogP contribution in [-0.4, -0.2) is 28.4 Å². The highest BCUT2D eigenvalue weighted by molar-refractivity contribution is 7.79. The van der Waals surface area contributed by atoms with Gasteiger partial charge in [0.05, 0.1) is 7.82 Å². The number of quaternary nitrogens is 2. The third-order valence-corrected chi connectivity index (χ3v) is 0. The number of phosphoric acid groups is 1. The average molecular weight is 290 g/mol. The minimum absolute atomic E-state index is 0. The van der Waals surface area contributed by atoms with Crippen molar-refractivity contribution < 1.29 is 41.6 Å². The number of carbonyl (C=O) groups is 1. The van der Waals surface area contributed by atoms with Crippen molar-refractivity contribution in [1.29, 1.82) is 0 Å². The first kappa shape index (κ1) is 29.4. The van der Waals surface area contributed by atoms with Gasteiger partial charge in [-0.05, 0) is 0 Å². The summed E-state index contributed by atoms with van der Waals surface area (Å²) in [6.07, 6.45) is 0. The molecule has 0 aliphatic heterocycles. The van der Waals surface area contributed by atoms with Crippen LogP contribution in [0.25, 0.3) is 0 Å². The topological polar surface area (TPSA) is 300 Å². The fourth-order valence-electron chi connectivity index (χ4n) is 0. The number of primary amides is 2. The van der Waals surface area contributed by atoms with Crippen molar-refractivity contribution >= 4 is 24.3 Å². The number of hydrogen-bond donors (Lipinski definition) is 7. The minimum atomic E-state index is -5.14. The molecular weight excluding hydrogens is 275 g/mol. The standard InChI is InChI=1S/CH4N2O.2H3N.H3O4P.H2O4S/c2-1(3)4;;;2*1-5(2,3)4/h(H4,2,3,4);2*1H3;(H3,1,2,3,4);(H2,1,2,3,4). The van der Waals surface area contributed by atoms with Gasteiger partial charge < -0.3 is 43.0 Å². The molecule has 0 saturated heterocycles. The molecule has 0 unspecified atom stereocenters. The molecule has 0 aliphatic rings. The van der Waals surface area contributed by atoms with E-state index < -0.39 is 24.3 Å². The Morgan fingerprint density at radius 2 is 1.12 bits per heavy atom. The summed E-state index contributed by atoms with van der Waals surface area (Å²) in [6, 6.07) is -0.833. The second kappa shape index (κ2) is 12.2. The first-order chi connectivity index (χ1) is 5.73. The summed E-state index contributed by atoms with van der Waals surface area (Å²) in [5.41, 5.74) is 8.50. The largest absolute Gasteiger partial charge is 0.790 e. The first-order valence-electron chi connectivity index (χ1n) is 2.23. The summed E-state index contributed by atoms with van der Waals surface area (Å²) < 4.78 is 40.2. The van der Waals surface area contributed by atoms with Gasteiger partial charge in [0.2, 0.25) is 0 Å². The molecule has 0 aromatic rings. The molecule has 0 aliphatic carbocycles. The quantitative estimate of drug-likeness (QED) is 0.175. The molecule has 104 valence electrons. The van der Waals surface area contributed by atoms with E-state index in [0.29, 0.717) is 0 Å². The molecule has 0 aromatic heterocycles. The zero-order valence-electron chi connectivity index (χ0n) is 8.30. The molecule has 15 N–H and O–H groups in total. The molecule has 0 rings (SSSR count). The molecule has 13 nitrogen and oxygen atoms in total. The smallest absolute Gasteiger partial charge is 0.394 e. The summed E-state index contributed by atoms with van der Waals surface area (Å²) in [6.45, 7) is 0. The Morgan fingerprint density at radius 1 is 1.12 bits per heavy atom. The lowest BCUT2D eigenvalue weighted by atomic mass is 11.2. The van der Waals surface area contributed by atoms with Crippen LogP contribution in [0.2, 0.25) is 0 Å². The van der Waals surface area contributed by atoms with E-state index in [9.17, 15) is 0 Å². The van der Waals surface area contributed by atoms with E-state index in [-0.39, 0.29) is 12.3 Å². The summed E-state index contributed by atoms with van der Waals surface area (Å²) in [7, 11) is -9.81. The zero-order chi connectivity index (χ0) is 12.6. The van der Waals surface area contributed by atoms with E-state index in [1.165, 1.54) is 0 Å². The molecule has 0 bridgehead atoms. The van der Waals surface area contributed by atoms with Gasteiger partial charge in [-0.25, -0.2) is 4.79 Å². The molecule has 2 amide bonds. The Morgan fingerprint density at radius 3 is 1.12 bits per heavy atom. The van der Waals surface area contributed by atoms with Gasteiger partial charge in [-0.1, -0.05) is 0 Å². The average Bonchev–Trinajstić information content (AvgIpc) is 1.45. The second-order valence-corrected chi connectivity index (χ2v) is 3.15. The maximum atomic E-state index is 9.00. The number of nitrogens with two attached hydrogens (primary N) is 2. The number of rotatable bonds is 0. The fraction of sp³-hybridized carbons (Fsp3) is 0. The van der Waals surface area contributed by atoms with Crippen LogP contribution >= 0.6 is 7.82 Å². The molecule has 0 fully saturated rings. The maximum Gasteiger partial charge on any atom is 0.394 e. The van der Waals surface area contributed by atoms with Crippen molar-refractivity contribution in [3.05, 3.63) is 0 Å². The van der Waals surface area contributed by atoms with Crippen LogP contribution in [0.15, 0.2) is 0 Å². The number of amides is 2. The van der Waals surface area contributed by atoms with Crippen LogP contribution in [0.4, 0.5) is 4.79 Å². The molecule has 0 atom stereocenters. The Kier molecular flexibility index (Phi) is 22.5. The predicted molar refractivity (Wildman–Crippen MR) is 49.7 cm³/mol. The molecule has 0 saturated carbocycles. The summed E-state index contributed by atoms with van der Waals surface area (Å²) in [5.74, 6) is 0. The van der Waals surface area contributed by atoms with E-state index in [0.717, 1.165) is 0 Å². The Bertz CT molecular complexity index is 272. The number of carbonyl (C=O) groups excluding carboxylic acids is 1. The number of urea groups is 1. The highest BCUT2D eigenvalue weighted by atomic mass is 32.3. The van der Waals surface area contributed by atoms with Crippen LogP contribution in [0.3, 0.4) is 0 Å². The van der Waals surface area contributed by atoms with Gasteiger partial charge in [-0.2, -0.15) is 8.42 Å². The molecular formula is CH15N4O9PS. The van der Waals surface area contributed by atoms with Crippen molar-refractivity contribution in [3.63, 3.8) is 0 Å². The summed E-state index contributed by atoms with van der Waals surface area (Å²) in [4.78, 5) is 33.3. The SMILES string of the molecule is NC(N)=O.O=P([O-])([O-])O.O=S(=O)(O)O.[NH4+].[NH4+]. The van der Waals surface area contributed by atoms with E-state index in [1.807, 2.05) is 0 Å². The zero-order valence-corrected chi connectivity index (χ0v) is 10.0. The van der Waals surface area contributed by atoms with Gasteiger partial charge >= 0.3 is 16.4 Å². The Balaban J connectivity index is -0.0000000358. The van der Waals surface area contributed by atoms with Gasteiger partial charge in [0.25, 0.3) is 0 Å². The first-order valence-corrected chi connectivity index (χ1v) is 5.12. The number of hydrogen-bond acceptors (Lipinski definition) is 6. The maximum absolute atomic E-state index is 9.00. The Hall–Kier alpha value is -0.830.